The van der Waals surface area contributed by atoms with Crippen molar-refractivity contribution in [2.75, 3.05) is 11.9 Å². The van der Waals surface area contributed by atoms with Gasteiger partial charge in [0, 0.05) is 12.2 Å². The number of benzene rings is 1. The molecule has 1 aromatic heterocycles. The quantitative estimate of drug-likeness (QED) is 0.823. The molecule has 5 heteroatoms. The zero-order valence-corrected chi connectivity index (χ0v) is 11.5. The molecule has 0 unspecified atom stereocenters. The van der Waals surface area contributed by atoms with Crippen LogP contribution < -0.4 is 5.32 Å². The topological polar surface area (TPSA) is 64.5 Å². The molecule has 0 spiro atoms. The molecule has 0 amide bonds. The van der Waals surface area contributed by atoms with Gasteiger partial charge in [0.15, 0.2) is 0 Å². The van der Waals surface area contributed by atoms with E-state index < -0.39 is 0 Å². The van der Waals surface area contributed by atoms with Crippen LogP contribution >= 0.6 is 11.6 Å². The molecule has 0 saturated carbocycles. The zero-order valence-electron chi connectivity index (χ0n) is 10.7. The van der Waals surface area contributed by atoms with E-state index in [0.717, 1.165) is 30.8 Å². The van der Waals surface area contributed by atoms with Gasteiger partial charge in [-0.2, -0.15) is 10.4 Å². The first-order valence-electron chi connectivity index (χ1n) is 6.13. The first-order valence-corrected chi connectivity index (χ1v) is 6.51. The number of anilines is 1. The minimum absolute atomic E-state index is 0.484. The highest BCUT2D eigenvalue weighted by Gasteiger charge is 2.05. The molecule has 0 fully saturated rings. The van der Waals surface area contributed by atoms with Gasteiger partial charge in [-0.1, -0.05) is 17.7 Å². The second-order valence-corrected chi connectivity index (χ2v) is 4.73. The van der Waals surface area contributed by atoms with E-state index in [4.69, 9.17) is 16.9 Å². The summed E-state index contributed by atoms with van der Waals surface area (Å²) >= 11 is 5.97. The van der Waals surface area contributed by atoms with Crippen LogP contribution in [-0.2, 0) is 6.42 Å². The number of aromatic amines is 1. The molecule has 2 rings (SSSR count). The second kappa shape index (κ2) is 6.26. The van der Waals surface area contributed by atoms with Gasteiger partial charge in [0.1, 0.15) is 6.07 Å². The van der Waals surface area contributed by atoms with Crippen LogP contribution in [0, 0.1) is 18.3 Å². The van der Waals surface area contributed by atoms with Gasteiger partial charge < -0.3 is 5.32 Å². The van der Waals surface area contributed by atoms with Crippen LogP contribution in [0.5, 0.6) is 0 Å². The SMILES string of the molecule is Cc1[nH]ncc1CCCNc1cccc(Cl)c1C#N. The highest BCUT2D eigenvalue weighted by atomic mass is 35.5. The molecule has 0 aliphatic heterocycles. The standard InChI is InChI=1S/C14H15ClN4/c1-10-11(9-18-19-10)4-3-7-17-14-6-2-5-13(15)12(14)8-16/h2,5-6,9,17H,3-4,7H2,1H3,(H,18,19). The fraction of sp³-hybridized carbons (Fsp3) is 0.286. The maximum Gasteiger partial charge on any atom is 0.103 e. The largest absolute Gasteiger partial charge is 0.384 e. The number of aromatic nitrogens is 2. The molecule has 2 N–H and O–H groups in total. The van der Waals surface area contributed by atoms with E-state index in [9.17, 15) is 0 Å². The number of hydrogen-bond donors (Lipinski definition) is 2. The highest BCUT2D eigenvalue weighted by molar-refractivity contribution is 6.32. The Morgan fingerprint density at radius 3 is 3.00 bits per heavy atom. The fourth-order valence-corrected chi connectivity index (χ4v) is 2.13. The average molecular weight is 275 g/mol. The number of nitrogens with zero attached hydrogens (tertiary/aromatic N) is 2. The van der Waals surface area contributed by atoms with E-state index in [0.29, 0.717) is 10.6 Å². The Morgan fingerprint density at radius 1 is 1.47 bits per heavy atom. The lowest BCUT2D eigenvalue weighted by molar-refractivity contribution is 0.857. The van der Waals surface area contributed by atoms with Gasteiger partial charge in [-0.25, -0.2) is 0 Å². The van der Waals surface area contributed by atoms with Gasteiger partial charge in [0.25, 0.3) is 0 Å². The molecule has 1 aromatic carbocycles. The summed E-state index contributed by atoms with van der Waals surface area (Å²) in [5, 5.41) is 19.7. The lowest BCUT2D eigenvalue weighted by atomic mass is 10.1. The number of H-pyrrole nitrogens is 1. The summed E-state index contributed by atoms with van der Waals surface area (Å²) in [5.41, 5.74) is 3.64. The van der Waals surface area contributed by atoms with Crippen molar-refractivity contribution in [3.63, 3.8) is 0 Å². The molecule has 1 heterocycles. The Morgan fingerprint density at radius 2 is 2.32 bits per heavy atom. The first kappa shape index (κ1) is 13.4. The van der Waals surface area contributed by atoms with Crippen molar-refractivity contribution < 1.29 is 0 Å². The number of nitriles is 1. The number of rotatable bonds is 5. The van der Waals surface area contributed by atoms with E-state index in [2.05, 4.69) is 21.6 Å². The molecule has 0 radical (unpaired) electrons. The third-order valence-electron chi connectivity index (χ3n) is 3.00. The Kier molecular flexibility index (Phi) is 4.43. The third kappa shape index (κ3) is 3.27. The minimum atomic E-state index is 0.484. The van der Waals surface area contributed by atoms with Crippen LogP contribution in [0.1, 0.15) is 23.2 Å². The molecular weight excluding hydrogens is 260 g/mol. The van der Waals surface area contributed by atoms with E-state index in [-0.39, 0.29) is 0 Å². The van der Waals surface area contributed by atoms with Crippen molar-refractivity contribution in [1.82, 2.24) is 10.2 Å². The number of halogens is 1. The van der Waals surface area contributed by atoms with Crippen LogP contribution in [0.3, 0.4) is 0 Å². The second-order valence-electron chi connectivity index (χ2n) is 4.32. The lowest BCUT2D eigenvalue weighted by Crippen LogP contribution is -2.04. The van der Waals surface area contributed by atoms with E-state index in [1.807, 2.05) is 25.3 Å². The van der Waals surface area contributed by atoms with Gasteiger partial charge in [-0.15, -0.1) is 0 Å². The summed E-state index contributed by atoms with van der Waals surface area (Å²) in [7, 11) is 0. The van der Waals surface area contributed by atoms with Crippen molar-refractivity contribution in [3.05, 3.63) is 46.2 Å². The van der Waals surface area contributed by atoms with Gasteiger partial charge in [-0.05, 0) is 37.5 Å². The summed E-state index contributed by atoms with van der Waals surface area (Å²) in [5.74, 6) is 0. The predicted molar refractivity (Wildman–Crippen MR) is 76.3 cm³/mol. The molecule has 0 aliphatic rings. The molecule has 0 bridgehead atoms. The maximum atomic E-state index is 9.06. The molecule has 0 aliphatic carbocycles. The summed E-state index contributed by atoms with van der Waals surface area (Å²) in [6, 6.07) is 7.55. The smallest absolute Gasteiger partial charge is 0.103 e. The Balaban J connectivity index is 1.88. The number of hydrogen-bond acceptors (Lipinski definition) is 3. The Labute approximate surface area is 117 Å². The summed E-state index contributed by atoms with van der Waals surface area (Å²) < 4.78 is 0. The highest BCUT2D eigenvalue weighted by Crippen LogP contribution is 2.23. The molecule has 0 atom stereocenters. The first-order chi connectivity index (χ1) is 9.22. The maximum absolute atomic E-state index is 9.06. The Hall–Kier alpha value is -1.99. The van der Waals surface area contributed by atoms with Crippen LogP contribution in [0.2, 0.25) is 5.02 Å². The van der Waals surface area contributed by atoms with Crippen molar-refractivity contribution in [3.8, 4) is 6.07 Å². The molecule has 98 valence electrons. The van der Waals surface area contributed by atoms with Crippen LogP contribution in [0.15, 0.2) is 24.4 Å². The number of aryl methyl sites for hydroxylation is 2. The summed E-state index contributed by atoms with van der Waals surface area (Å²) in [6.45, 7) is 2.81. The molecular formula is C14H15ClN4. The van der Waals surface area contributed by atoms with Crippen LogP contribution in [0.4, 0.5) is 5.69 Å². The van der Waals surface area contributed by atoms with Crippen LogP contribution in [0.25, 0.3) is 0 Å². The average Bonchev–Trinajstić information content (AvgIpc) is 2.80. The molecule has 19 heavy (non-hydrogen) atoms. The summed E-state index contributed by atoms with van der Waals surface area (Å²) in [6.07, 6.45) is 3.78. The van der Waals surface area contributed by atoms with Crippen molar-refractivity contribution >= 4 is 17.3 Å². The van der Waals surface area contributed by atoms with Crippen molar-refractivity contribution in [1.29, 1.82) is 5.26 Å². The van der Waals surface area contributed by atoms with Crippen molar-refractivity contribution in [2.24, 2.45) is 0 Å². The number of nitrogens with one attached hydrogen (secondary N) is 2. The van der Waals surface area contributed by atoms with Gasteiger partial charge in [-0.3, -0.25) is 5.10 Å². The monoisotopic (exact) mass is 274 g/mol. The minimum Gasteiger partial charge on any atom is -0.384 e. The predicted octanol–water partition coefficient (Wildman–Crippen LogP) is 3.29. The molecule has 2 aromatic rings. The Bertz CT molecular complexity index is 598. The van der Waals surface area contributed by atoms with E-state index in [1.54, 1.807) is 6.07 Å². The van der Waals surface area contributed by atoms with Crippen molar-refractivity contribution in [2.45, 2.75) is 19.8 Å². The lowest BCUT2D eigenvalue weighted by Gasteiger charge is -2.08. The summed E-state index contributed by atoms with van der Waals surface area (Å²) in [4.78, 5) is 0. The fourth-order valence-electron chi connectivity index (χ4n) is 1.91. The molecule has 4 nitrogen and oxygen atoms in total. The zero-order chi connectivity index (χ0) is 13.7. The van der Waals surface area contributed by atoms with E-state index >= 15 is 0 Å². The molecule has 0 saturated heterocycles. The van der Waals surface area contributed by atoms with Gasteiger partial charge in [0.05, 0.1) is 22.5 Å². The van der Waals surface area contributed by atoms with Gasteiger partial charge in [0.2, 0.25) is 0 Å². The third-order valence-corrected chi connectivity index (χ3v) is 3.31. The van der Waals surface area contributed by atoms with Crippen LogP contribution in [-0.4, -0.2) is 16.7 Å². The normalized spacial score (nSPS) is 10.2. The van der Waals surface area contributed by atoms with E-state index in [1.165, 1.54) is 5.56 Å². The van der Waals surface area contributed by atoms with Gasteiger partial charge >= 0.3 is 0 Å².